The van der Waals surface area contributed by atoms with Gasteiger partial charge in [0.1, 0.15) is 0 Å². The summed E-state index contributed by atoms with van der Waals surface area (Å²) in [5.74, 6) is 1.06. The lowest BCUT2D eigenvalue weighted by Gasteiger charge is -2.38. The van der Waals surface area contributed by atoms with E-state index in [2.05, 4.69) is 36.0 Å². The van der Waals surface area contributed by atoms with Crippen molar-refractivity contribution >= 4 is 5.82 Å². The summed E-state index contributed by atoms with van der Waals surface area (Å²) in [4.78, 5) is 19.0. The van der Waals surface area contributed by atoms with Gasteiger partial charge in [-0.1, -0.05) is 20.8 Å². The van der Waals surface area contributed by atoms with Crippen molar-refractivity contribution in [3.8, 4) is 0 Å². The first-order valence-electron chi connectivity index (χ1n) is 7.16. The maximum atomic E-state index is 12.5. The second-order valence-electron chi connectivity index (χ2n) is 5.61. The molecule has 0 aliphatic carbocycles. The van der Waals surface area contributed by atoms with Gasteiger partial charge in [0.15, 0.2) is 5.82 Å². The summed E-state index contributed by atoms with van der Waals surface area (Å²) >= 11 is 0. The van der Waals surface area contributed by atoms with Crippen LogP contribution in [0.4, 0.5) is 5.82 Å². The standard InChI is InChI=1S/C14H24N4O/c1-4-6-18(12-8-15-9-12)13-14(19)17(7-5-16-13)10-11(2)3/h5,7,11-12,15H,4,6,8-10H2,1-3H3. The molecule has 0 spiro atoms. The fourth-order valence-electron chi connectivity index (χ4n) is 2.37. The molecular formula is C14H24N4O. The van der Waals surface area contributed by atoms with Gasteiger partial charge in [-0.3, -0.25) is 4.79 Å². The third kappa shape index (κ3) is 3.15. The molecule has 2 heterocycles. The molecule has 0 saturated carbocycles. The van der Waals surface area contributed by atoms with E-state index in [1.807, 2.05) is 0 Å². The summed E-state index contributed by atoms with van der Waals surface area (Å²) in [5, 5.41) is 3.26. The van der Waals surface area contributed by atoms with Crippen LogP contribution in [0.2, 0.25) is 0 Å². The number of hydrogen-bond acceptors (Lipinski definition) is 4. The molecule has 1 aliphatic heterocycles. The van der Waals surface area contributed by atoms with E-state index in [4.69, 9.17) is 0 Å². The van der Waals surface area contributed by atoms with Crippen molar-refractivity contribution in [3.05, 3.63) is 22.7 Å². The summed E-state index contributed by atoms with van der Waals surface area (Å²) in [7, 11) is 0. The molecule has 1 aromatic rings. The fraction of sp³-hybridized carbons (Fsp3) is 0.714. The van der Waals surface area contributed by atoms with E-state index >= 15 is 0 Å². The molecular weight excluding hydrogens is 240 g/mol. The number of nitrogens with zero attached hydrogens (tertiary/aromatic N) is 3. The fourth-order valence-corrected chi connectivity index (χ4v) is 2.37. The minimum atomic E-state index is 0.0385. The van der Waals surface area contributed by atoms with Gasteiger partial charge in [-0.05, 0) is 12.3 Å². The Morgan fingerprint density at radius 2 is 2.26 bits per heavy atom. The van der Waals surface area contributed by atoms with Crippen molar-refractivity contribution < 1.29 is 0 Å². The lowest BCUT2D eigenvalue weighted by Crippen LogP contribution is -2.59. The Morgan fingerprint density at radius 3 is 2.79 bits per heavy atom. The molecule has 1 saturated heterocycles. The molecule has 1 fully saturated rings. The Kier molecular flexibility index (Phi) is 4.58. The molecule has 106 valence electrons. The SMILES string of the molecule is CCCN(c1nccn(CC(C)C)c1=O)C1CNC1. The summed E-state index contributed by atoms with van der Waals surface area (Å²) in [6, 6.07) is 0.412. The van der Waals surface area contributed by atoms with Crippen LogP contribution < -0.4 is 15.8 Å². The first-order valence-corrected chi connectivity index (χ1v) is 7.16. The Bertz CT molecular complexity index is 465. The van der Waals surface area contributed by atoms with Crippen molar-refractivity contribution in [2.75, 3.05) is 24.5 Å². The zero-order chi connectivity index (χ0) is 13.8. The second kappa shape index (κ2) is 6.19. The number of anilines is 1. The van der Waals surface area contributed by atoms with Crippen LogP contribution in [0.15, 0.2) is 17.2 Å². The van der Waals surface area contributed by atoms with Crippen molar-refractivity contribution in [1.29, 1.82) is 0 Å². The highest BCUT2D eigenvalue weighted by Crippen LogP contribution is 2.13. The van der Waals surface area contributed by atoms with Gasteiger partial charge in [0.25, 0.3) is 5.56 Å². The topological polar surface area (TPSA) is 50.2 Å². The number of hydrogen-bond donors (Lipinski definition) is 1. The molecule has 2 rings (SSSR count). The van der Waals surface area contributed by atoms with Gasteiger partial charge in [0.05, 0.1) is 6.04 Å². The Labute approximate surface area is 114 Å². The van der Waals surface area contributed by atoms with E-state index in [0.717, 1.165) is 32.6 Å². The van der Waals surface area contributed by atoms with Crippen LogP contribution in [0.1, 0.15) is 27.2 Å². The zero-order valence-corrected chi connectivity index (χ0v) is 12.1. The summed E-state index contributed by atoms with van der Waals surface area (Å²) < 4.78 is 1.78. The minimum absolute atomic E-state index is 0.0385. The molecule has 0 amide bonds. The molecule has 0 radical (unpaired) electrons. The third-order valence-corrected chi connectivity index (χ3v) is 3.39. The van der Waals surface area contributed by atoms with Gasteiger partial charge in [0, 0.05) is 38.6 Å². The quantitative estimate of drug-likeness (QED) is 0.835. The van der Waals surface area contributed by atoms with E-state index < -0.39 is 0 Å². The van der Waals surface area contributed by atoms with E-state index in [9.17, 15) is 4.79 Å². The van der Waals surface area contributed by atoms with Gasteiger partial charge in [-0.2, -0.15) is 0 Å². The first-order chi connectivity index (χ1) is 9.13. The van der Waals surface area contributed by atoms with Gasteiger partial charge in [0.2, 0.25) is 0 Å². The highest BCUT2D eigenvalue weighted by atomic mass is 16.1. The zero-order valence-electron chi connectivity index (χ0n) is 12.1. The van der Waals surface area contributed by atoms with Crippen LogP contribution in [0, 0.1) is 5.92 Å². The monoisotopic (exact) mass is 264 g/mol. The lowest BCUT2D eigenvalue weighted by molar-refractivity contribution is 0.407. The average molecular weight is 264 g/mol. The molecule has 1 aliphatic rings. The van der Waals surface area contributed by atoms with Gasteiger partial charge in [-0.25, -0.2) is 4.98 Å². The van der Waals surface area contributed by atoms with Crippen molar-refractivity contribution in [1.82, 2.24) is 14.9 Å². The van der Waals surface area contributed by atoms with E-state index in [0.29, 0.717) is 17.8 Å². The van der Waals surface area contributed by atoms with E-state index in [1.54, 1.807) is 17.0 Å². The van der Waals surface area contributed by atoms with Crippen LogP contribution in [-0.4, -0.2) is 35.2 Å². The highest BCUT2D eigenvalue weighted by molar-refractivity contribution is 5.38. The third-order valence-electron chi connectivity index (χ3n) is 3.39. The summed E-state index contributed by atoms with van der Waals surface area (Å²) in [5.41, 5.74) is 0.0385. The van der Waals surface area contributed by atoms with Crippen LogP contribution >= 0.6 is 0 Å². The summed E-state index contributed by atoms with van der Waals surface area (Å²) in [6.07, 6.45) is 4.56. The predicted molar refractivity (Wildman–Crippen MR) is 77.6 cm³/mol. The lowest BCUT2D eigenvalue weighted by atomic mass is 10.1. The van der Waals surface area contributed by atoms with Gasteiger partial charge >= 0.3 is 0 Å². The van der Waals surface area contributed by atoms with Gasteiger partial charge in [-0.15, -0.1) is 0 Å². The normalized spacial score (nSPS) is 15.6. The largest absolute Gasteiger partial charge is 0.346 e. The van der Waals surface area contributed by atoms with Crippen molar-refractivity contribution in [2.45, 2.75) is 39.8 Å². The average Bonchev–Trinajstić information content (AvgIpc) is 2.28. The summed E-state index contributed by atoms with van der Waals surface area (Å²) in [6.45, 7) is 9.89. The molecule has 19 heavy (non-hydrogen) atoms. The van der Waals surface area contributed by atoms with Crippen LogP contribution in [0.25, 0.3) is 0 Å². The Balaban J connectivity index is 2.28. The molecule has 0 unspecified atom stereocenters. The minimum Gasteiger partial charge on any atom is -0.346 e. The molecule has 1 N–H and O–H groups in total. The molecule has 0 aromatic carbocycles. The maximum absolute atomic E-state index is 12.5. The molecule has 5 heteroatoms. The number of aromatic nitrogens is 2. The first kappa shape index (κ1) is 14.1. The smallest absolute Gasteiger partial charge is 0.293 e. The number of rotatable bonds is 6. The van der Waals surface area contributed by atoms with Crippen LogP contribution in [0.3, 0.4) is 0 Å². The molecule has 0 bridgehead atoms. The molecule has 0 atom stereocenters. The van der Waals surface area contributed by atoms with E-state index in [-0.39, 0.29) is 5.56 Å². The number of nitrogens with one attached hydrogen (secondary N) is 1. The predicted octanol–water partition coefficient (Wildman–Crippen LogP) is 1.09. The van der Waals surface area contributed by atoms with Gasteiger partial charge < -0.3 is 14.8 Å². The molecule has 1 aromatic heterocycles. The maximum Gasteiger partial charge on any atom is 0.293 e. The van der Waals surface area contributed by atoms with Crippen molar-refractivity contribution in [3.63, 3.8) is 0 Å². The van der Waals surface area contributed by atoms with E-state index in [1.165, 1.54) is 0 Å². The molecule has 5 nitrogen and oxygen atoms in total. The Morgan fingerprint density at radius 1 is 1.53 bits per heavy atom. The highest BCUT2D eigenvalue weighted by Gasteiger charge is 2.27. The van der Waals surface area contributed by atoms with Crippen LogP contribution in [-0.2, 0) is 6.54 Å². The van der Waals surface area contributed by atoms with Crippen molar-refractivity contribution in [2.24, 2.45) is 5.92 Å². The Hall–Kier alpha value is -1.36. The van der Waals surface area contributed by atoms with Crippen LogP contribution in [0.5, 0.6) is 0 Å². The second-order valence-corrected chi connectivity index (χ2v) is 5.61.